The summed E-state index contributed by atoms with van der Waals surface area (Å²) >= 11 is 0. The molecule has 0 bridgehead atoms. The highest BCUT2D eigenvalue weighted by Gasteiger charge is 2.40. The predicted octanol–water partition coefficient (Wildman–Crippen LogP) is 1.34. The molecule has 2 rings (SSSR count). The quantitative estimate of drug-likeness (QED) is 0.694. The number of ether oxygens (including phenoxy) is 2. The summed E-state index contributed by atoms with van der Waals surface area (Å²) in [4.78, 5) is 0. The van der Waals surface area contributed by atoms with Gasteiger partial charge in [-0.2, -0.15) is 0 Å². The van der Waals surface area contributed by atoms with E-state index in [0.29, 0.717) is 5.92 Å². The van der Waals surface area contributed by atoms with Crippen LogP contribution in [0.4, 0.5) is 0 Å². The molecule has 1 N–H and O–H groups in total. The summed E-state index contributed by atoms with van der Waals surface area (Å²) in [6, 6.07) is 0. The van der Waals surface area contributed by atoms with E-state index in [9.17, 15) is 5.11 Å². The van der Waals surface area contributed by atoms with E-state index in [1.54, 1.807) is 0 Å². The van der Waals surface area contributed by atoms with E-state index in [2.05, 4.69) is 0 Å². The zero-order valence-corrected chi connectivity index (χ0v) is 8.87. The third-order valence-electron chi connectivity index (χ3n) is 3.62. The first-order chi connectivity index (χ1) is 6.72. The standard InChI is InChI=1S/C11H20O3/c1-9(12)10-2-5-14-11(8-10)3-6-13-7-4-11/h9-10,12H,2-8H2,1H3. The van der Waals surface area contributed by atoms with Gasteiger partial charge >= 0.3 is 0 Å². The van der Waals surface area contributed by atoms with Crippen molar-refractivity contribution in [3.8, 4) is 0 Å². The van der Waals surface area contributed by atoms with Gasteiger partial charge in [0.2, 0.25) is 0 Å². The molecule has 0 saturated carbocycles. The topological polar surface area (TPSA) is 38.7 Å². The first-order valence-corrected chi connectivity index (χ1v) is 5.62. The molecular weight excluding hydrogens is 180 g/mol. The average molecular weight is 200 g/mol. The maximum atomic E-state index is 9.60. The molecule has 0 aromatic heterocycles. The van der Waals surface area contributed by atoms with Crippen molar-refractivity contribution in [3.05, 3.63) is 0 Å². The number of rotatable bonds is 1. The molecular formula is C11H20O3. The Morgan fingerprint density at radius 2 is 2.00 bits per heavy atom. The molecule has 2 aliphatic heterocycles. The van der Waals surface area contributed by atoms with Gasteiger partial charge in [-0.25, -0.2) is 0 Å². The first-order valence-electron chi connectivity index (χ1n) is 5.62. The molecule has 1 spiro atoms. The van der Waals surface area contributed by atoms with Gasteiger partial charge < -0.3 is 14.6 Å². The Hall–Kier alpha value is -0.120. The minimum atomic E-state index is -0.196. The van der Waals surface area contributed by atoms with Crippen molar-refractivity contribution in [2.24, 2.45) is 5.92 Å². The zero-order chi connectivity index (χ0) is 10.0. The zero-order valence-electron chi connectivity index (χ0n) is 8.87. The van der Waals surface area contributed by atoms with E-state index < -0.39 is 0 Å². The van der Waals surface area contributed by atoms with Gasteiger partial charge in [0.1, 0.15) is 0 Å². The summed E-state index contributed by atoms with van der Waals surface area (Å²) in [5.41, 5.74) is 0.0259. The second-order valence-electron chi connectivity index (χ2n) is 4.64. The minimum absolute atomic E-state index is 0.0259. The lowest BCUT2D eigenvalue weighted by atomic mass is 9.79. The van der Waals surface area contributed by atoms with E-state index in [0.717, 1.165) is 45.5 Å². The molecule has 0 amide bonds. The Labute approximate surface area is 85.4 Å². The van der Waals surface area contributed by atoms with E-state index in [1.165, 1.54) is 0 Å². The molecule has 2 saturated heterocycles. The lowest BCUT2D eigenvalue weighted by Crippen LogP contribution is -2.46. The average Bonchev–Trinajstić information content (AvgIpc) is 2.19. The van der Waals surface area contributed by atoms with Crippen molar-refractivity contribution < 1.29 is 14.6 Å². The summed E-state index contributed by atoms with van der Waals surface area (Å²) in [6.45, 7) is 4.32. The highest BCUT2D eigenvalue weighted by molar-refractivity contribution is 4.90. The van der Waals surface area contributed by atoms with E-state index in [4.69, 9.17) is 9.47 Å². The van der Waals surface area contributed by atoms with Crippen LogP contribution < -0.4 is 0 Å². The van der Waals surface area contributed by atoms with Gasteiger partial charge in [-0.05, 0) is 38.5 Å². The van der Waals surface area contributed by atoms with Crippen LogP contribution in [-0.4, -0.2) is 36.6 Å². The van der Waals surface area contributed by atoms with Gasteiger partial charge in [0.05, 0.1) is 11.7 Å². The summed E-state index contributed by atoms with van der Waals surface area (Å²) in [5, 5.41) is 9.60. The van der Waals surface area contributed by atoms with Gasteiger partial charge in [0, 0.05) is 19.8 Å². The van der Waals surface area contributed by atoms with E-state index >= 15 is 0 Å². The predicted molar refractivity (Wildman–Crippen MR) is 53.1 cm³/mol. The number of aliphatic hydroxyl groups is 1. The van der Waals surface area contributed by atoms with Crippen molar-refractivity contribution in [1.29, 1.82) is 0 Å². The monoisotopic (exact) mass is 200 g/mol. The molecule has 3 nitrogen and oxygen atoms in total. The third kappa shape index (κ3) is 2.10. The molecule has 0 aliphatic carbocycles. The normalized spacial score (nSPS) is 34.3. The van der Waals surface area contributed by atoms with Crippen LogP contribution in [0.2, 0.25) is 0 Å². The van der Waals surface area contributed by atoms with Crippen LogP contribution in [-0.2, 0) is 9.47 Å². The molecule has 2 unspecified atom stereocenters. The summed E-state index contributed by atoms with van der Waals surface area (Å²) < 4.78 is 11.2. The number of hydrogen-bond acceptors (Lipinski definition) is 3. The molecule has 0 aromatic rings. The van der Waals surface area contributed by atoms with Crippen molar-refractivity contribution in [1.82, 2.24) is 0 Å². The lowest BCUT2D eigenvalue weighted by Gasteiger charge is -2.44. The smallest absolute Gasteiger partial charge is 0.0730 e. The lowest BCUT2D eigenvalue weighted by molar-refractivity contribution is -0.157. The molecule has 2 aliphatic rings. The maximum Gasteiger partial charge on any atom is 0.0730 e. The van der Waals surface area contributed by atoms with Crippen LogP contribution in [0.1, 0.15) is 32.6 Å². The first kappa shape index (κ1) is 10.4. The molecule has 2 fully saturated rings. The Morgan fingerprint density at radius 1 is 1.29 bits per heavy atom. The Kier molecular flexibility index (Phi) is 3.10. The fourth-order valence-electron chi connectivity index (χ4n) is 2.57. The van der Waals surface area contributed by atoms with Crippen LogP contribution >= 0.6 is 0 Å². The second-order valence-corrected chi connectivity index (χ2v) is 4.64. The van der Waals surface area contributed by atoms with Gasteiger partial charge in [0.15, 0.2) is 0 Å². The summed E-state index contributed by atoms with van der Waals surface area (Å²) in [5.74, 6) is 0.418. The van der Waals surface area contributed by atoms with Gasteiger partial charge in [-0.1, -0.05) is 0 Å². The van der Waals surface area contributed by atoms with Gasteiger partial charge in [-0.15, -0.1) is 0 Å². The molecule has 82 valence electrons. The summed E-state index contributed by atoms with van der Waals surface area (Å²) in [6.07, 6.45) is 3.81. The van der Waals surface area contributed by atoms with Crippen LogP contribution in [0, 0.1) is 5.92 Å². The van der Waals surface area contributed by atoms with Crippen molar-refractivity contribution in [2.75, 3.05) is 19.8 Å². The Morgan fingerprint density at radius 3 is 2.64 bits per heavy atom. The molecule has 0 aromatic carbocycles. The maximum absolute atomic E-state index is 9.60. The molecule has 2 atom stereocenters. The Bertz CT molecular complexity index is 179. The van der Waals surface area contributed by atoms with Gasteiger partial charge in [0.25, 0.3) is 0 Å². The van der Waals surface area contributed by atoms with Crippen molar-refractivity contribution in [2.45, 2.75) is 44.3 Å². The van der Waals surface area contributed by atoms with Crippen LogP contribution in [0.5, 0.6) is 0 Å². The van der Waals surface area contributed by atoms with Crippen molar-refractivity contribution >= 4 is 0 Å². The molecule has 3 heteroatoms. The van der Waals surface area contributed by atoms with Crippen LogP contribution in [0.25, 0.3) is 0 Å². The van der Waals surface area contributed by atoms with Gasteiger partial charge in [-0.3, -0.25) is 0 Å². The molecule has 0 radical (unpaired) electrons. The van der Waals surface area contributed by atoms with Crippen LogP contribution in [0.15, 0.2) is 0 Å². The highest BCUT2D eigenvalue weighted by atomic mass is 16.5. The highest BCUT2D eigenvalue weighted by Crippen LogP contribution is 2.38. The fourth-order valence-corrected chi connectivity index (χ4v) is 2.57. The number of hydrogen-bond donors (Lipinski definition) is 1. The summed E-state index contributed by atoms with van der Waals surface area (Å²) in [7, 11) is 0. The second kappa shape index (κ2) is 4.17. The molecule has 14 heavy (non-hydrogen) atoms. The van der Waals surface area contributed by atoms with E-state index in [-0.39, 0.29) is 11.7 Å². The fraction of sp³-hybridized carbons (Fsp3) is 1.00. The SMILES string of the molecule is CC(O)C1CCOC2(CCOCC2)C1. The van der Waals surface area contributed by atoms with Crippen LogP contribution in [0.3, 0.4) is 0 Å². The molecule has 2 heterocycles. The number of aliphatic hydroxyl groups excluding tert-OH is 1. The van der Waals surface area contributed by atoms with E-state index in [1.807, 2.05) is 6.92 Å². The third-order valence-corrected chi connectivity index (χ3v) is 3.62. The largest absolute Gasteiger partial charge is 0.393 e. The van der Waals surface area contributed by atoms with Crippen molar-refractivity contribution in [3.63, 3.8) is 0 Å². The minimum Gasteiger partial charge on any atom is -0.393 e. The Balaban J connectivity index is 1.97.